The number of fused-ring (bicyclic) bond motifs is 1. The van der Waals surface area contributed by atoms with E-state index in [0.717, 1.165) is 37.2 Å². The zero-order valence-electron chi connectivity index (χ0n) is 13.0. The third-order valence-corrected chi connectivity index (χ3v) is 3.70. The van der Waals surface area contributed by atoms with Gasteiger partial charge in [0.05, 0.1) is 0 Å². The Balaban J connectivity index is 1.85. The molecule has 112 valence electrons. The van der Waals surface area contributed by atoms with Gasteiger partial charge in [0, 0.05) is 18.5 Å². The first kappa shape index (κ1) is 15.3. The maximum Gasteiger partial charge on any atom is 0.123 e. The lowest BCUT2D eigenvalue weighted by Crippen LogP contribution is -2.35. The van der Waals surface area contributed by atoms with Crippen molar-refractivity contribution >= 4 is 0 Å². The predicted molar refractivity (Wildman–Crippen MR) is 80.6 cm³/mol. The second kappa shape index (κ2) is 6.13. The highest BCUT2D eigenvalue weighted by atomic mass is 19.1. The first-order chi connectivity index (χ1) is 9.35. The van der Waals surface area contributed by atoms with Crippen LogP contribution in [-0.4, -0.2) is 19.2 Å². The fourth-order valence-electron chi connectivity index (χ4n) is 2.79. The summed E-state index contributed by atoms with van der Waals surface area (Å²) in [5.41, 5.74) is 1.18. The van der Waals surface area contributed by atoms with E-state index >= 15 is 0 Å². The van der Waals surface area contributed by atoms with E-state index in [1.807, 2.05) is 0 Å². The number of hydrogen-bond acceptors (Lipinski definition) is 2. The molecule has 0 spiro atoms. The Morgan fingerprint density at radius 2 is 2.15 bits per heavy atom. The van der Waals surface area contributed by atoms with E-state index in [4.69, 9.17) is 4.74 Å². The summed E-state index contributed by atoms with van der Waals surface area (Å²) >= 11 is 0. The smallest absolute Gasteiger partial charge is 0.123 e. The molecule has 20 heavy (non-hydrogen) atoms. The van der Waals surface area contributed by atoms with Crippen LogP contribution in [0.3, 0.4) is 0 Å². The van der Waals surface area contributed by atoms with Gasteiger partial charge in [-0.2, -0.15) is 0 Å². The van der Waals surface area contributed by atoms with Gasteiger partial charge in [0.1, 0.15) is 17.7 Å². The van der Waals surface area contributed by atoms with Crippen molar-refractivity contribution < 1.29 is 9.13 Å². The highest BCUT2D eigenvalue weighted by molar-refractivity contribution is 5.37. The average Bonchev–Trinajstić information content (AvgIpc) is 2.68. The Morgan fingerprint density at radius 3 is 2.85 bits per heavy atom. The zero-order valence-corrected chi connectivity index (χ0v) is 13.0. The predicted octanol–water partition coefficient (Wildman–Crippen LogP) is 3.79. The van der Waals surface area contributed by atoms with Crippen molar-refractivity contribution in [2.45, 2.75) is 46.6 Å². The third kappa shape index (κ3) is 4.20. The molecule has 1 unspecified atom stereocenters. The second-order valence-corrected chi connectivity index (χ2v) is 7.09. The molecule has 1 aromatic carbocycles. The summed E-state index contributed by atoms with van der Waals surface area (Å²) in [7, 11) is 0. The topological polar surface area (TPSA) is 21.3 Å². The van der Waals surface area contributed by atoms with Crippen LogP contribution in [0.1, 0.15) is 39.7 Å². The van der Waals surface area contributed by atoms with Crippen LogP contribution in [-0.2, 0) is 6.42 Å². The maximum absolute atomic E-state index is 13.2. The summed E-state index contributed by atoms with van der Waals surface area (Å²) in [4.78, 5) is 0. The Hall–Kier alpha value is -1.09. The van der Waals surface area contributed by atoms with Crippen molar-refractivity contribution in [3.8, 4) is 5.75 Å². The van der Waals surface area contributed by atoms with Gasteiger partial charge in [-0.25, -0.2) is 4.39 Å². The largest absolute Gasteiger partial charge is 0.490 e. The minimum absolute atomic E-state index is 0.169. The van der Waals surface area contributed by atoms with Gasteiger partial charge < -0.3 is 10.1 Å². The van der Waals surface area contributed by atoms with Gasteiger partial charge in [-0.1, -0.05) is 27.7 Å². The highest BCUT2D eigenvalue weighted by Gasteiger charge is 2.29. The lowest BCUT2D eigenvalue weighted by Gasteiger charge is -2.28. The molecule has 1 aliphatic heterocycles. The molecule has 0 fully saturated rings. The van der Waals surface area contributed by atoms with Crippen LogP contribution in [0, 0.1) is 17.2 Å². The van der Waals surface area contributed by atoms with Crippen LogP contribution in [0.25, 0.3) is 0 Å². The van der Waals surface area contributed by atoms with Crippen LogP contribution in [0.2, 0.25) is 0 Å². The molecule has 0 saturated heterocycles. The number of ether oxygens (including phenoxy) is 1. The van der Waals surface area contributed by atoms with Gasteiger partial charge >= 0.3 is 0 Å². The van der Waals surface area contributed by atoms with Gasteiger partial charge in [0.25, 0.3) is 0 Å². The Kier molecular flexibility index (Phi) is 4.69. The van der Waals surface area contributed by atoms with E-state index in [1.165, 1.54) is 6.07 Å². The molecule has 0 aliphatic carbocycles. The quantitative estimate of drug-likeness (QED) is 0.855. The Labute approximate surface area is 121 Å². The van der Waals surface area contributed by atoms with Crippen molar-refractivity contribution in [3.05, 3.63) is 29.6 Å². The monoisotopic (exact) mass is 279 g/mol. The average molecular weight is 279 g/mol. The molecule has 1 heterocycles. The lowest BCUT2D eigenvalue weighted by atomic mass is 9.85. The third-order valence-electron chi connectivity index (χ3n) is 3.70. The molecule has 1 aromatic rings. The summed E-state index contributed by atoms with van der Waals surface area (Å²) in [6, 6.07) is 4.81. The molecule has 0 amide bonds. The van der Waals surface area contributed by atoms with Crippen molar-refractivity contribution in [3.63, 3.8) is 0 Å². The van der Waals surface area contributed by atoms with Crippen molar-refractivity contribution in [2.24, 2.45) is 11.3 Å². The van der Waals surface area contributed by atoms with Gasteiger partial charge in [0.15, 0.2) is 0 Å². The first-order valence-corrected chi connectivity index (χ1v) is 7.51. The van der Waals surface area contributed by atoms with Crippen LogP contribution in [0.4, 0.5) is 4.39 Å². The fourth-order valence-corrected chi connectivity index (χ4v) is 2.79. The van der Waals surface area contributed by atoms with E-state index in [0.29, 0.717) is 5.92 Å². The molecule has 2 nitrogen and oxygen atoms in total. The van der Waals surface area contributed by atoms with E-state index in [2.05, 4.69) is 33.0 Å². The zero-order chi connectivity index (χ0) is 14.8. The number of halogens is 1. The molecule has 1 aliphatic rings. The lowest BCUT2D eigenvalue weighted by molar-refractivity contribution is 0.154. The van der Waals surface area contributed by atoms with Gasteiger partial charge in [-0.3, -0.25) is 0 Å². The molecule has 0 aromatic heterocycles. The molecule has 2 rings (SSSR count). The van der Waals surface area contributed by atoms with Crippen molar-refractivity contribution in [1.82, 2.24) is 5.32 Å². The van der Waals surface area contributed by atoms with Crippen LogP contribution in [0.5, 0.6) is 5.75 Å². The molecular weight excluding hydrogens is 253 g/mol. The SMILES string of the molecule is CC(C)CNCC(C)(C)CC1Cc2cc(F)ccc2O1. The van der Waals surface area contributed by atoms with E-state index in [9.17, 15) is 4.39 Å². The first-order valence-electron chi connectivity index (χ1n) is 7.51. The molecule has 0 saturated carbocycles. The van der Waals surface area contributed by atoms with Crippen LogP contribution in [0.15, 0.2) is 18.2 Å². The summed E-state index contributed by atoms with van der Waals surface area (Å²) in [6.07, 6.45) is 1.97. The summed E-state index contributed by atoms with van der Waals surface area (Å²) in [6.45, 7) is 11.0. The Bertz CT molecular complexity index is 456. The summed E-state index contributed by atoms with van der Waals surface area (Å²) in [5, 5.41) is 3.51. The molecule has 0 radical (unpaired) electrons. The molecule has 1 N–H and O–H groups in total. The number of hydrogen-bond donors (Lipinski definition) is 1. The summed E-state index contributed by atoms with van der Waals surface area (Å²) in [5.74, 6) is 1.34. The van der Waals surface area contributed by atoms with Gasteiger partial charge in [0.2, 0.25) is 0 Å². The molecule has 0 bridgehead atoms. The number of benzene rings is 1. The number of rotatable bonds is 6. The van der Waals surface area contributed by atoms with Gasteiger partial charge in [-0.05, 0) is 42.5 Å². The fraction of sp³-hybridized carbons (Fsp3) is 0.647. The molecular formula is C17H26FNO. The number of nitrogens with one attached hydrogen (secondary N) is 1. The van der Waals surface area contributed by atoms with Gasteiger partial charge in [-0.15, -0.1) is 0 Å². The highest BCUT2D eigenvalue weighted by Crippen LogP contribution is 2.34. The second-order valence-electron chi connectivity index (χ2n) is 7.09. The minimum Gasteiger partial charge on any atom is -0.490 e. The van der Waals surface area contributed by atoms with E-state index < -0.39 is 0 Å². The molecule has 1 atom stereocenters. The maximum atomic E-state index is 13.2. The normalized spacial score (nSPS) is 18.2. The van der Waals surface area contributed by atoms with Crippen LogP contribution < -0.4 is 10.1 Å². The van der Waals surface area contributed by atoms with Crippen LogP contribution >= 0.6 is 0 Å². The Morgan fingerprint density at radius 1 is 1.40 bits per heavy atom. The molecule has 3 heteroatoms. The summed E-state index contributed by atoms with van der Waals surface area (Å²) < 4.78 is 19.1. The van der Waals surface area contributed by atoms with E-state index in [-0.39, 0.29) is 17.3 Å². The van der Waals surface area contributed by atoms with E-state index in [1.54, 1.807) is 12.1 Å². The van der Waals surface area contributed by atoms with Crippen molar-refractivity contribution in [2.75, 3.05) is 13.1 Å². The van der Waals surface area contributed by atoms with Crippen molar-refractivity contribution in [1.29, 1.82) is 0 Å². The standard InChI is InChI=1S/C17H26FNO/c1-12(2)10-19-11-17(3,4)9-15-8-13-7-14(18)5-6-16(13)20-15/h5-7,12,15,19H,8-11H2,1-4H3. The minimum atomic E-state index is -0.175.